The number of amides is 1. The molecule has 2 aliphatic heterocycles. The number of carbonyl (C=O) groups excluding carboxylic acids is 1. The molecule has 2 aromatic heterocycles. The summed E-state index contributed by atoms with van der Waals surface area (Å²) in [4.78, 5) is 18.7. The van der Waals surface area contributed by atoms with Crippen molar-refractivity contribution in [2.75, 3.05) is 19.7 Å². The third-order valence-electron chi connectivity index (χ3n) is 4.96. The topological polar surface area (TPSA) is 77.7 Å². The fourth-order valence-electron chi connectivity index (χ4n) is 3.74. The first-order chi connectivity index (χ1) is 12.1. The molecule has 4 heterocycles. The largest absolute Gasteiger partial charge is 0.486 e. The van der Waals surface area contributed by atoms with Gasteiger partial charge in [0.2, 0.25) is 0 Å². The van der Waals surface area contributed by atoms with Gasteiger partial charge in [-0.2, -0.15) is 0 Å². The van der Waals surface area contributed by atoms with Crippen LogP contribution in [0, 0.1) is 13.8 Å². The number of pyridine rings is 1. The molecule has 0 saturated carbocycles. The molecular weight excluding hydrogens is 322 g/mol. The molecule has 2 aliphatic rings. The molecule has 132 valence electrons. The van der Waals surface area contributed by atoms with E-state index in [1.165, 1.54) is 0 Å². The quantitative estimate of drug-likeness (QED) is 0.850. The van der Waals surface area contributed by atoms with E-state index >= 15 is 0 Å². The summed E-state index contributed by atoms with van der Waals surface area (Å²) in [5.74, 6) is 1.27. The highest BCUT2D eigenvalue weighted by Gasteiger charge is 2.48. The van der Waals surface area contributed by atoms with Crippen LogP contribution in [-0.4, -0.2) is 52.3 Å². The van der Waals surface area contributed by atoms with Crippen LogP contribution in [0.1, 0.15) is 34.7 Å². The summed E-state index contributed by atoms with van der Waals surface area (Å²) >= 11 is 0. The molecule has 25 heavy (non-hydrogen) atoms. The lowest BCUT2D eigenvalue weighted by Crippen LogP contribution is -2.36. The molecule has 0 aromatic carbocycles. The second-order valence-electron chi connectivity index (χ2n) is 6.80. The maximum absolute atomic E-state index is 12.8. The normalized spacial score (nSPS) is 25.7. The third-order valence-corrected chi connectivity index (χ3v) is 4.96. The molecule has 2 fully saturated rings. The lowest BCUT2D eigenvalue weighted by molar-refractivity contribution is 0.00992. The predicted molar refractivity (Wildman–Crippen MR) is 88.5 cm³/mol. The molecule has 7 heteroatoms. The maximum atomic E-state index is 12.8. The zero-order chi connectivity index (χ0) is 17.4. The summed E-state index contributed by atoms with van der Waals surface area (Å²) in [6, 6.07) is 3.74. The van der Waals surface area contributed by atoms with Gasteiger partial charge < -0.3 is 18.9 Å². The van der Waals surface area contributed by atoms with Gasteiger partial charge in [-0.05, 0) is 32.4 Å². The van der Waals surface area contributed by atoms with Crippen LogP contribution in [0.4, 0.5) is 0 Å². The maximum Gasteiger partial charge on any atom is 0.259 e. The monoisotopic (exact) mass is 343 g/mol. The van der Waals surface area contributed by atoms with Crippen LogP contribution in [0.3, 0.4) is 0 Å². The molecule has 4 rings (SSSR count). The van der Waals surface area contributed by atoms with E-state index in [0.29, 0.717) is 36.7 Å². The molecule has 0 aliphatic carbocycles. The van der Waals surface area contributed by atoms with Gasteiger partial charge in [-0.1, -0.05) is 5.16 Å². The second kappa shape index (κ2) is 6.15. The number of hydrogen-bond donors (Lipinski definition) is 0. The summed E-state index contributed by atoms with van der Waals surface area (Å²) in [6.45, 7) is 5.33. The van der Waals surface area contributed by atoms with E-state index in [4.69, 9.17) is 14.0 Å². The summed E-state index contributed by atoms with van der Waals surface area (Å²) in [7, 11) is 0. The number of nitrogens with zero attached hydrogens (tertiary/aromatic N) is 3. The van der Waals surface area contributed by atoms with Gasteiger partial charge in [-0.25, -0.2) is 0 Å². The standard InChI is InChI=1S/C18H21N3O4/c1-12-16(13(2)25-20-12)17(22)21-7-5-18(11-21)8-15(10-23-18)24-14-4-3-6-19-9-14/h3-4,6,9,15H,5,7-8,10-11H2,1-2H3/t15-,18+/m0/s1. The van der Waals surface area contributed by atoms with E-state index < -0.39 is 0 Å². The average Bonchev–Trinajstić information content (AvgIpc) is 3.29. The Morgan fingerprint density at radius 2 is 2.32 bits per heavy atom. The fourth-order valence-corrected chi connectivity index (χ4v) is 3.74. The van der Waals surface area contributed by atoms with Gasteiger partial charge in [0.05, 0.1) is 30.6 Å². The van der Waals surface area contributed by atoms with Crippen molar-refractivity contribution in [2.45, 2.75) is 38.4 Å². The lowest BCUT2D eigenvalue weighted by atomic mass is 9.98. The van der Waals surface area contributed by atoms with Gasteiger partial charge in [-0.3, -0.25) is 9.78 Å². The first kappa shape index (κ1) is 16.1. The minimum Gasteiger partial charge on any atom is -0.486 e. The van der Waals surface area contributed by atoms with Crippen molar-refractivity contribution in [2.24, 2.45) is 0 Å². The number of aromatic nitrogens is 2. The Labute approximate surface area is 145 Å². The Morgan fingerprint density at radius 3 is 3.04 bits per heavy atom. The van der Waals surface area contributed by atoms with Crippen LogP contribution in [0.15, 0.2) is 29.0 Å². The van der Waals surface area contributed by atoms with Crippen molar-refractivity contribution in [3.8, 4) is 5.75 Å². The first-order valence-corrected chi connectivity index (χ1v) is 8.49. The predicted octanol–water partition coefficient (Wildman–Crippen LogP) is 2.14. The molecule has 1 spiro atoms. The van der Waals surface area contributed by atoms with Crippen molar-refractivity contribution in [3.05, 3.63) is 41.5 Å². The van der Waals surface area contributed by atoms with Gasteiger partial charge in [0, 0.05) is 19.2 Å². The van der Waals surface area contributed by atoms with E-state index in [9.17, 15) is 4.79 Å². The molecule has 0 bridgehead atoms. The van der Waals surface area contributed by atoms with Crippen molar-refractivity contribution < 1.29 is 18.8 Å². The van der Waals surface area contributed by atoms with Crippen molar-refractivity contribution >= 4 is 5.91 Å². The Kier molecular flexibility index (Phi) is 3.95. The molecule has 2 aromatic rings. The summed E-state index contributed by atoms with van der Waals surface area (Å²) in [5, 5.41) is 3.88. The molecule has 0 N–H and O–H groups in total. The zero-order valence-corrected chi connectivity index (χ0v) is 14.4. The number of hydrogen-bond acceptors (Lipinski definition) is 6. The van der Waals surface area contributed by atoms with Gasteiger partial charge >= 0.3 is 0 Å². The minimum atomic E-state index is -0.318. The van der Waals surface area contributed by atoms with E-state index in [-0.39, 0.29) is 17.6 Å². The van der Waals surface area contributed by atoms with Crippen molar-refractivity contribution in [1.29, 1.82) is 0 Å². The summed E-state index contributed by atoms with van der Waals surface area (Å²) in [6.07, 6.45) is 4.99. The number of aryl methyl sites for hydroxylation is 2. The summed E-state index contributed by atoms with van der Waals surface area (Å²) < 4.78 is 17.1. The van der Waals surface area contributed by atoms with Crippen LogP contribution < -0.4 is 4.74 Å². The number of likely N-dealkylation sites (tertiary alicyclic amines) is 1. The molecular formula is C18H21N3O4. The lowest BCUT2D eigenvalue weighted by Gasteiger charge is -2.23. The van der Waals surface area contributed by atoms with Crippen molar-refractivity contribution in [1.82, 2.24) is 15.0 Å². The Morgan fingerprint density at radius 1 is 1.44 bits per heavy atom. The third kappa shape index (κ3) is 3.00. The summed E-state index contributed by atoms with van der Waals surface area (Å²) in [5.41, 5.74) is 0.883. The molecule has 2 atom stereocenters. The number of carbonyl (C=O) groups is 1. The molecule has 1 amide bonds. The van der Waals surface area contributed by atoms with Crippen molar-refractivity contribution in [3.63, 3.8) is 0 Å². The average molecular weight is 343 g/mol. The van der Waals surface area contributed by atoms with Crippen LogP contribution in [0.5, 0.6) is 5.75 Å². The van der Waals surface area contributed by atoms with E-state index in [1.807, 2.05) is 17.0 Å². The molecule has 0 radical (unpaired) electrons. The van der Waals surface area contributed by atoms with Crippen LogP contribution in [0.25, 0.3) is 0 Å². The minimum absolute atomic E-state index is 0.0154. The Balaban J connectivity index is 1.41. The van der Waals surface area contributed by atoms with E-state index in [2.05, 4.69) is 10.1 Å². The van der Waals surface area contributed by atoms with Crippen LogP contribution in [0.2, 0.25) is 0 Å². The van der Waals surface area contributed by atoms with E-state index in [0.717, 1.165) is 18.6 Å². The highest BCUT2D eigenvalue weighted by molar-refractivity contribution is 5.96. The first-order valence-electron chi connectivity index (χ1n) is 8.49. The van der Waals surface area contributed by atoms with Gasteiger partial charge in [0.25, 0.3) is 5.91 Å². The zero-order valence-electron chi connectivity index (χ0n) is 14.4. The van der Waals surface area contributed by atoms with Crippen LogP contribution >= 0.6 is 0 Å². The smallest absolute Gasteiger partial charge is 0.259 e. The molecule has 7 nitrogen and oxygen atoms in total. The van der Waals surface area contributed by atoms with Gasteiger partial charge in [-0.15, -0.1) is 0 Å². The highest BCUT2D eigenvalue weighted by Crippen LogP contribution is 2.37. The second-order valence-corrected chi connectivity index (χ2v) is 6.80. The van der Waals surface area contributed by atoms with Crippen LogP contribution in [-0.2, 0) is 4.74 Å². The fraction of sp³-hybridized carbons (Fsp3) is 0.500. The number of rotatable bonds is 3. The van der Waals surface area contributed by atoms with Gasteiger partial charge in [0.1, 0.15) is 23.2 Å². The molecule has 0 unspecified atom stereocenters. The SMILES string of the molecule is Cc1noc(C)c1C(=O)N1CC[C@@]2(C[C@H](Oc3cccnc3)CO2)C1. The highest BCUT2D eigenvalue weighted by atomic mass is 16.6. The van der Waals surface area contributed by atoms with E-state index in [1.54, 1.807) is 26.2 Å². The van der Waals surface area contributed by atoms with Gasteiger partial charge in [0.15, 0.2) is 0 Å². The Bertz CT molecular complexity index is 756. The number of ether oxygens (including phenoxy) is 2. The Hall–Kier alpha value is -2.41. The molecule has 2 saturated heterocycles.